The van der Waals surface area contributed by atoms with Gasteiger partial charge in [0.25, 0.3) is 0 Å². The molecule has 1 unspecified atom stereocenters. The summed E-state index contributed by atoms with van der Waals surface area (Å²) in [6, 6.07) is 21.7. The third-order valence-corrected chi connectivity index (χ3v) is 5.85. The standard InChI is InChI=1S/C26H28FN3O2/c1-19-8-13-24(32-2)23(18-19)28-26(31)25(20-6-4-3-5-7-20)30-16-14-29(15-17-30)22-11-9-21(27)10-12-22/h3-13,18,25H,14-17H2,1-2H3,(H,28,31). The number of piperazine rings is 1. The number of halogens is 1. The summed E-state index contributed by atoms with van der Waals surface area (Å²) in [4.78, 5) is 17.9. The van der Waals surface area contributed by atoms with Crippen LogP contribution in [-0.2, 0) is 4.79 Å². The average Bonchev–Trinajstić information content (AvgIpc) is 2.81. The fourth-order valence-corrected chi connectivity index (χ4v) is 4.17. The predicted octanol–water partition coefficient (Wildman–Crippen LogP) is 4.64. The summed E-state index contributed by atoms with van der Waals surface area (Å²) in [6.07, 6.45) is 0. The van der Waals surface area contributed by atoms with Crippen LogP contribution in [0.15, 0.2) is 72.8 Å². The largest absolute Gasteiger partial charge is 0.495 e. The first-order valence-electron chi connectivity index (χ1n) is 10.8. The molecule has 1 amide bonds. The number of methoxy groups -OCH3 is 1. The number of hydrogen-bond acceptors (Lipinski definition) is 4. The molecule has 1 saturated heterocycles. The van der Waals surface area contributed by atoms with Crippen LogP contribution in [0.1, 0.15) is 17.2 Å². The minimum Gasteiger partial charge on any atom is -0.495 e. The van der Waals surface area contributed by atoms with Crippen LogP contribution in [0.5, 0.6) is 5.75 Å². The van der Waals surface area contributed by atoms with Crippen molar-refractivity contribution in [2.24, 2.45) is 0 Å². The molecule has 0 aromatic heterocycles. The van der Waals surface area contributed by atoms with Crippen LogP contribution in [0, 0.1) is 12.7 Å². The van der Waals surface area contributed by atoms with E-state index in [0.717, 1.165) is 43.0 Å². The van der Waals surface area contributed by atoms with E-state index in [2.05, 4.69) is 15.1 Å². The van der Waals surface area contributed by atoms with E-state index < -0.39 is 6.04 Å². The van der Waals surface area contributed by atoms with Crippen molar-refractivity contribution in [3.05, 3.63) is 89.7 Å². The van der Waals surface area contributed by atoms with Crippen molar-refractivity contribution in [2.45, 2.75) is 13.0 Å². The molecule has 0 aliphatic carbocycles. The van der Waals surface area contributed by atoms with Crippen LogP contribution in [0.4, 0.5) is 15.8 Å². The first-order chi connectivity index (χ1) is 15.5. The maximum absolute atomic E-state index is 13.5. The molecule has 5 nitrogen and oxygen atoms in total. The fraction of sp³-hybridized carbons (Fsp3) is 0.269. The van der Waals surface area contributed by atoms with Gasteiger partial charge in [0.05, 0.1) is 12.8 Å². The SMILES string of the molecule is COc1ccc(C)cc1NC(=O)C(c1ccccc1)N1CCN(c2ccc(F)cc2)CC1. The van der Waals surface area contributed by atoms with Gasteiger partial charge in [-0.2, -0.15) is 0 Å². The Balaban J connectivity index is 1.54. The summed E-state index contributed by atoms with van der Waals surface area (Å²) in [6.45, 7) is 4.94. The van der Waals surface area contributed by atoms with Gasteiger partial charge in [0.1, 0.15) is 17.6 Å². The molecule has 1 atom stereocenters. The Morgan fingerprint density at radius 1 is 0.969 bits per heavy atom. The summed E-state index contributed by atoms with van der Waals surface area (Å²) in [5, 5.41) is 3.09. The highest BCUT2D eigenvalue weighted by atomic mass is 19.1. The number of ether oxygens (including phenoxy) is 1. The molecule has 0 spiro atoms. The summed E-state index contributed by atoms with van der Waals surface area (Å²) in [5.74, 6) is 0.312. The molecular formula is C26H28FN3O2. The number of benzene rings is 3. The van der Waals surface area contributed by atoms with Crippen molar-refractivity contribution < 1.29 is 13.9 Å². The van der Waals surface area contributed by atoms with E-state index in [1.54, 1.807) is 19.2 Å². The Bertz CT molecular complexity index is 1050. The summed E-state index contributed by atoms with van der Waals surface area (Å²) in [7, 11) is 1.60. The van der Waals surface area contributed by atoms with Gasteiger partial charge in [-0.25, -0.2) is 4.39 Å². The first kappa shape index (κ1) is 21.8. The highest BCUT2D eigenvalue weighted by Gasteiger charge is 2.31. The number of aryl methyl sites for hydroxylation is 1. The number of anilines is 2. The van der Waals surface area contributed by atoms with Crippen LogP contribution in [0.2, 0.25) is 0 Å². The zero-order valence-electron chi connectivity index (χ0n) is 18.4. The van der Waals surface area contributed by atoms with Gasteiger partial charge in [-0.1, -0.05) is 36.4 Å². The lowest BCUT2D eigenvalue weighted by atomic mass is 10.0. The van der Waals surface area contributed by atoms with E-state index in [0.29, 0.717) is 11.4 Å². The molecule has 0 saturated carbocycles. The van der Waals surface area contributed by atoms with Gasteiger partial charge in [0.2, 0.25) is 5.91 Å². The van der Waals surface area contributed by atoms with Gasteiger partial charge in [-0.05, 0) is 54.4 Å². The van der Waals surface area contributed by atoms with Crippen LogP contribution in [0.3, 0.4) is 0 Å². The highest BCUT2D eigenvalue weighted by molar-refractivity contribution is 5.97. The van der Waals surface area contributed by atoms with Crippen molar-refractivity contribution in [3.8, 4) is 5.75 Å². The summed E-state index contributed by atoms with van der Waals surface area (Å²) in [5.41, 5.74) is 3.66. The topological polar surface area (TPSA) is 44.8 Å². The molecule has 1 aliphatic heterocycles. The van der Waals surface area contributed by atoms with Gasteiger partial charge in [0.15, 0.2) is 0 Å². The molecule has 1 heterocycles. The Labute approximate surface area is 188 Å². The molecule has 6 heteroatoms. The Morgan fingerprint density at radius 3 is 2.31 bits per heavy atom. The van der Waals surface area contributed by atoms with Gasteiger partial charge in [0, 0.05) is 31.9 Å². The Hall–Kier alpha value is -3.38. The lowest BCUT2D eigenvalue weighted by Gasteiger charge is -2.39. The normalized spacial score (nSPS) is 15.3. The number of carbonyl (C=O) groups excluding carboxylic acids is 1. The lowest BCUT2D eigenvalue weighted by molar-refractivity contribution is -0.121. The third kappa shape index (κ3) is 4.92. The van der Waals surface area contributed by atoms with Crippen molar-refractivity contribution in [2.75, 3.05) is 43.5 Å². The average molecular weight is 434 g/mol. The summed E-state index contributed by atoms with van der Waals surface area (Å²) < 4.78 is 18.7. The number of rotatable bonds is 6. The van der Waals surface area contributed by atoms with E-state index in [4.69, 9.17) is 4.74 Å². The molecule has 3 aromatic carbocycles. The van der Waals surface area contributed by atoms with E-state index in [-0.39, 0.29) is 11.7 Å². The van der Waals surface area contributed by atoms with Crippen LogP contribution in [0.25, 0.3) is 0 Å². The second-order valence-electron chi connectivity index (χ2n) is 8.01. The van der Waals surface area contributed by atoms with Crippen molar-refractivity contribution in [1.82, 2.24) is 4.90 Å². The highest BCUT2D eigenvalue weighted by Crippen LogP contribution is 2.29. The van der Waals surface area contributed by atoms with Gasteiger partial charge < -0.3 is 15.0 Å². The van der Waals surface area contributed by atoms with Crippen LogP contribution in [-0.4, -0.2) is 44.1 Å². The number of hydrogen-bond donors (Lipinski definition) is 1. The second kappa shape index (κ2) is 9.83. The van der Waals surface area contributed by atoms with E-state index in [9.17, 15) is 9.18 Å². The molecule has 0 radical (unpaired) electrons. The Kier molecular flexibility index (Phi) is 6.71. The second-order valence-corrected chi connectivity index (χ2v) is 8.01. The number of nitrogens with zero attached hydrogens (tertiary/aromatic N) is 2. The smallest absolute Gasteiger partial charge is 0.246 e. The quantitative estimate of drug-likeness (QED) is 0.615. The Morgan fingerprint density at radius 2 is 1.66 bits per heavy atom. The minimum atomic E-state index is -0.420. The van der Waals surface area contributed by atoms with Crippen molar-refractivity contribution in [3.63, 3.8) is 0 Å². The van der Waals surface area contributed by atoms with E-state index in [1.165, 1.54) is 12.1 Å². The predicted molar refractivity (Wildman–Crippen MR) is 126 cm³/mol. The molecular weight excluding hydrogens is 405 g/mol. The third-order valence-electron chi connectivity index (χ3n) is 5.85. The fourth-order valence-electron chi connectivity index (χ4n) is 4.17. The number of nitrogens with one attached hydrogen (secondary N) is 1. The first-order valence-corrected chi connectivity index (χ1v) is 10.8. The van der Waals surface area contributed by atoms with E-state index in [1.807, 2.05) is 55.5 Å². The summed E-state index contributed by atoms with van der Waals surface area (Å²) >= 11 is 0. The van der Waals surface area contributed by atoms with E-state index >= 15 is 0 Å². The number of carbonyl (C=O) groups is 1. The zero-order chi connectivity index (χ0) is 22.5. The van der Waals surface area contributed by atoms with Gasteiger partial charge >= 0.3 is 0 Å². The maximum atomic E-state index is 13.5. The minimum absolute atomic E-state index is 0.0877. The molecule has 4 rings (SSSR count). The van der Waals surface area contributed by atoms with Crippen LogP contribution < -0.4 is 15.0 Å². The van der Waals surface area contributed by atoms with Crippen molar-refractivity contribution >= 4 is 17.3 Å². The van der Waals surface area contributed by atoms with Crippen molar-refractivity contribution in [1.29, 1.82) is 0 Å². The molecule has 1 fully saturated rings. The molecule has 32 heavy (non-hydrogen) atoms. The molecule has 166 valence electrons. The lowest BCUT2D eigenvalue weighted by Crippen LogP contribution is -2.50. The monoisotopic (exact) mass is 433 g/mol. The van der Waals surface area contributed by atoms with Crippen LogP contribution >= 0.6 is 0 Å². The molecule has 0 bridgehead atoms. The molecule has 1 N–H and O–H groups in total. The van der Waals surface area contributed by atoms with Gasteiger partial charge in [-0.3, -0.25) is 9.69 Å². The molecule has 3 aromatic rings. The number of amides is 1. The zero-order valence-corrected chi connectivity index (χ0v) is 18.4. The maximum Gasteiger partial charge on any atom is 0.246 e. The van der Waals surface area contributed by atoms with Gasteiger partial charge in [-0.15, -0.1) is 0 Å². The molecule has 1 aliphatic rings.